The first-order chi connectivity index (χ1) is 9.67. The molecule has 0 aliphatic rings. The number of aromatic amines is 1. The van der Waals surface area contributed by atoms with Crippen LogP contribution in [-0.4, -0.2) is 19.5 Å². The standard InChI is InChI=1S/C13H14N6O/c14-5-8-1-3-9(4-2-8)6-19-7-16-10-11(19)17-13(15)18-12(10)20/h1-4,7H,5-6,14H2,(H3,15,17,18,20). The van der Waals surface area contributed by atoms with Crippen molar-refractivity contribution in [3.8, 4) is 0 Å². The molecule has 20 heavy (non-hydrogen) atoms. The first-order valence-corrected chi connectivity index (χ1v) is 6.16. The summed E-state index contributed by atoms with van der Waals surface area (Å²) in [6.07, 6.45) is 1.59. The van der Waals surface area contributed by atoms with Crippen LogP contribution in [0, 0.1) is 0 Å². The molecule has 0 atom stereocenters. The van der Waals surface area contributed by atoms with E-state index in [1.807, 2.05) is 24.3 Å². The van der Waals surface area contributed by atoms with E-state index in [4.69, 9.17) is 11.5 Å². The highest BCUT2D eigenvalue weighted by atomic mass is 16.1. The highest BCUT2D eigenvalue weighted by Gasteiger charge is 2.09. The number of hydrogen-bond donors (Lipinski definition) is 3. The second kappa shape index (κ2) is 4.78. The average Bonchev–Trinajstić information content (AvgIpc) is 2.83. The molecule has 0 unspecified atom stereocenters. The van der Waals surface area contributed by atoms with Crippen LogP contribution in [0.1, 0.15) is 11.1 Å². The SMILES string of the molecule is NCc1ccc(Cn2cnc3c(=O)[nH]c(N)nc32)cc1. The largest absolute Gasteiger partial charge is 0.369 e. The molecule has 2 heterocycles. The van der Waals surface area contributed by atoms with Crippen LogP contribution in [0.2, 0.25) is 0 Å². The maximum Gasteiger partial charge on any atom is 0.280 e. The van der Waals surface area contributed by atoms with E-state index in [-0.39, 0.29) is 17.0 Å². The first-order valence-electron chi connectivity index (χ1n) is 6.16. The highest BCUT2D eigenvalue weighted by Crippen LogP contribution is 2.11. The molecule has 5 N–H and O–H groups in total. The van der Waals surface area contributed by atoms with Gasteiger partial charge < -0.3 is 16.0 Å². The fraction of sp³-hybridized carbons (Fsp3) is 0.154. The lowest BCUT2D eigenvalue weighted by Gasteiger charge is -2.05. The number of hydrogen-bond acceptors (Lipinski definition) is 5. The van der Waals surface area contributed by atoms with Crippen molar-refractivity contribution in [3.05, 3.63) is 52.1 Å². The number of anilines is 1. The summed E-state index contributed by atoms with van der Waals surface area (Å²) >= 11 is 0. The second-order valence-corrected chi connectivity index (χ2v) is 4.52. The number of rotatable bonds is 3. The lowest BCUT2D eigenvalue weighted by Crippen LogP contribution is -2.12. The molecule has 0 bridgehead atoms. The quantitative estimate of drug-likeness (QED) is 0.629. The Hall–Kier alpha value is -2.67. The van der Waals surface area contributed by atoms with Crippen molar-refractivity contribution in [1.29, 1.82) is 0 Å². The van der Waals surface area contributed by atoms with Gasteiger partial charge in [-0.3, -0.25) is 9.78 Å². The molecule has 3 aromatic rings. The summed E-state index contributed by atoms with van der Waals surface area (Å²) in [7, 11) is 0. The Bertz CT molecular complexity index is 802. The number of benzene rings is 1. The maximum absolute atomic E-state index is 11.7. The van der Waals surface area contributed by atoms with Crippen molar-refractivity contribution >= 4 is 17.1 Å². The lowest BCUT2D eigenvalue weighted by molar-refractivity contribution is 0.813. The lowest BCUT2D eigenvalue weighted by atomic mass is 10.1. The van der Waals surface area contributed by atoms with Crippen molar-refractivity contribution in [2.75, 3.05) is 5.73 Å². The van der Waals surface area contributed by atoms with Gasteiger partial charge in [-0.15, -0.1) is 0 Å². The Morgan fingerprint density at radius 1 is 1.20 bits per heavy atom. The Morgan fingerprint density at radius 2 is 1.90 bits per heavy atom. The third-order valence-electron chi connectivity index (χ3n) is 3.10. The molecular formula is C13H14N6O. The molecule has 0 aliphatic carbocycles. The van der Waals surface area contributed by atoms with Gasteiger partial charge in [0.15, 0.2) is 11.2 Å². The van der Waals surface area contributed by atoms with Crippen LogP contribution in [-0.2, 0) is 13.1 Å². The van der Waals surface area contributed by atoms with Gasteiger partial charge in [-0.25, -0.2) is 4.98 Å². The predicted molar refractivity (Wildman–Crippen MR) is 76.0 cm³/mol. The zero-order chi connectivity index (χ0) is 14.1. The van der Waals surface area contributed by atoms with Gasteiger partial charge in [-0.2, -0.15) is 4.98 Å². The molecule has 0 aliphatic heterocycles. The zero-order valence-electron chi connectivity index (χ0n) is 10.7. The highest BCUT2D eigenvalue weighted by molar-refractivity contribution is 5.70. The van der Waals surface area contributed by atoms with E-state index in [1.54, 1.807) is 10.9 Å². The van der Waals surface area contributed by atoms with Crippen molar-refractivity contribution in [2.45, 2.75) is 13.1 Å². The van der Waals surface area contributed by atoms with Crippen LogP contribution in [0.3, 0.4) is 0 Å². The number of aromatic nitrogens is 4. The summed E-state index contributed by atoms with van der Waals surface area (Å²) in [5.41, 5.74) is 13.7. The van der Waals surface area contributed by atoms with Gasteiger partial charge >= 0.3 is 0 Å². The van der Waals surface area contributed by atoms with Crippen molar-refractivity contribution < 1.29 is 0 Å². The third kappa shape index (κ3) is 2.14. The molecule has 0 amide bonds. The van der Waals surface area contributed by atoms with E-state index >= 15 is 0 Å². The van der Waals surface area contributed by atoms with Crippen LogP contribution < -0.4 is 17.0 Å². The molecule has 0 spiro atoms. The van der Waals surface area contributed by atoms with Gasteiger partial charge in [0.05, 0.1) is 12.9 Å². The maximum atomic E-state index is 11.7. The van der Waals surface area contributed by atoms with E-state index in [0.29, 0.717) is 18.7 Å². The molecule has 3 rings (SSSR count). The Kier molecular flexibility index (Phi) is 2.96. The number of fused-ring (bicyclic) bond motifs is 1. The minimum atomic E-state index is -0.329. The topological polar surface area (TPSA) is 116 Å². The van der Waals surface area contributed by atoms with Gasteiger partial charge in [-0.1, -0.05) is 24.3 Å². The number of nitrogens with one attached hydrogen (secondary N) is 1. The molecule has 2 aromatic heterocycles. The second-order valence-electron chi connectivity index (χ2n) is 4.52. The summed E-state index contributed by atoms with van der Waals surface area (Å²) in [4.78, 5) is 22.3. The first kappa shape index (κ1) is 12.4. The summed E-state index contributed by atoms with van der Waals surface area (Å²) in [6.45, 7) is 1.08. The summed E-state index contributed by atoms with van der Waals surface area (Å²) < 4.78 is 1.79. The monoisotopic (exact) mass is 270 g/mol. The van der Waals surface area contributed by atoms with Crippen LogP contribution in [0.5, 0.6) is 0 Å². The zero-order valence-corrected chi connectivity index (χ0v) is 10.7. The van der Waals surface area contributed by atoms with E-state index < -0.39 is 0 Å². The van der Waals surface area contributed by atoms with Gasteiger partial charge in [-0.05, 0) is 11.1 Å². The molecule has 102 valence electrons. The number of imidazole rings is 1. The van der Waals surface area contributed by atoms with Crippen molar-refractivity contribution in [3.63, 3.8) is 0 Å². The van der Waals surface area contributed by atoms with Crippen LogP contribution in [0.4, 0.5) is 5.95 Å². The molecular weight excluding hydrogens is 256 g/mol. The van der Waals surface area contributed by atoms with Crippen LogP contribution in [0.15, 0.2) is 35.4 Å². The van der Waals surface area contributed by atoms with Crippen molar-refractivity contribution in [2.24, 2.45) is 5.73 Å². The van der Waals surface area contributed by atoms with E-state index in [1.165, 1.54) is 0 Å². The van der Waals surface area contributed by atoms with Crippen molar-refractivity contribution in [1.82, 2.24) is 19.5 Å². The number of nitrogens with zero attached hydrogens (tertiary/aromatic N) is 3. The fourth-order valence-electron chi connectivity index (χ4n) is 2.06. The summed E-state index contributed by atoms with van der Waals surface area (Å²) in [5.74, 6) is 0.0859. The number of H-pyrrole nitrogens is 1. The smallest absolute Gasteiger partial charge is 0.280 e. The minimum Gasteiger partial charge on any atom is -0.369 e. The molecule has 1 aromatic carbocycles. The molecule has 7 heteroatoms. The predicted octanol–water partition coefficient (Wildman–Crippen LogP) is 0.209. The Labute approximate surface area is 114 Å². The Morgan fingerprint density at radius 3 is 2.60 bits per heavy atom. The fourth-order valence-corrected chi connectivity index (χ4v) is 2.06. The number of nitrogens with two attached hydrogens (primary N) is 2. The summed E-state index contributed by atoms with van der Waals surface area (Å²) in [5, 5.41) is 0. The molecule has 7 nitrogen and oxygen atoms in total. The van der Waals surface area contributed by atoms with Crippen LogP contribution in [0.25, 0.3) is 11.2 Å². The van der Waals surface area contributed by atoms with Gasteiger partial charge in [0, 0.05) is 6.54 Å². The van der Waals surface area contributed by atoms with E-state index in [0.717, 1.165) is 11.1 Å². The third-order valence-corrected chi connectivity index (χ3v) is 3.10. The van der Waals surface area contributed by atoms with Crippen LogP contribution >= 0.6 is 0 Å². The molecule has 0 saturated heterocycles. The molecule has 0 radical (unpaired) electrons. The van der Waals surface area contributed by atoms with Gasteiger partial charge in [0.1, 0.15) is 0 Å². The normalized spacial score (nSPS) is 11.1. The van der Waals surface area contributed by atoms with E-state index in [9.17, 15) is 4.79 Å². The van der Waals surface area contributed by atoms with Gasteiger partial charge in [0.25, 0.3) is 5.56 Å². The Balaban J connectivity index is 2.00. The summed E-state index contributed by atoms with van der Waals surface area (Å²) in [6, 6.07) is 7.93. The average molecular weight is 270 g/mol. The van der Waals surface area contributed by atoms with E-state index in [2.05, 4.69) is 15.0 Å². The molecule has 0 fully saturated rings. The number of nitrogen functional groups attached to an aromatic ring is 1. The molecule has 0 saturated carbocycles. The van der Waals surface area contributed by atoms with Gasteiger partial charge in [0.2, 0.25) is 5.95 Å². The minimum absolute atomic E-state index is 0.0859.